The second-order valence-electron chi connectivity index (χ2n) is 5.77. The van der Waals surface area contributed by atoms with Crippen molar-refractivity contribution in [1.29, 1.82) is 0 Å². The molecule has 0 unspecified atom stereocenters. The van der Waals surface area contributed by atoms with Crippen LogP contribution in [-0.2, 0) is 13.0 Å². The first-order chi connectivity index (χ1) is 11.8. The number of nitrogens with zero attached hydrogens (tertiary/aromatic N) is 3. The number of aryl methyl sites for hydroxylation is 2. The molecule has 0 aliphatic heterocycles. The molecule has 3 aromatic rings. The van der Waals surface area contributed by atoms with Gasteiger partial charge >= 0.3 is 0 Å². The number of pyridine rings is 1. The van der Waals surface area contributed by atoms with E-state index in [0.29, 0.717) is 12.1 Å². The lowest BCUT2D eigenvalue weighted by molar-refractivity contribution is 0.0953. The van der Waals surface area contributed by atoms with Crippen molar-refractivity contribution in [1.82, 2.24) is 19.9 Å². The van der Waals surface area contributed by atoms with Gasteiger partial charge in [0, 0.05) is 31.9 Å². The van der Waals surface area contributed by atoms with Gasteiger partial charge in [0.15, 0.2) is 0 Å². The van der Waals surface area contributed by atoms with Crippen LogP contribution in [0.15, 0.2) is 48.8 Å². The molecule has 3 rings (SSSR count). The summed E-state index contributed by atoms with van der Waals surface area (Å²) in [6.45, 7) is 3.77. The van der Waals surface area contributed by atoms with E-state index < -0.39 is 0 Å². The van der Waals surface area contributed by atoms with Crippen LogP contribution < -0.4 is 5.32 Å². The van der Waals surface area contributed by atoms with Crippen LogP contribution in [0.25, 0.3) is 11.0 Å². The zero-order valence-corrected chi connectivity index (χ0v) is 13.9. The smallest absolute Gasteiger partial charge is 0.252 e. The molecular formula is C19H22N4O. The number of benzene rings is 1. The topological polar surface area (TPSA) is 59.8 Å². The average Bonchev–Trinajstić information content (AvgIpc) is 2.97. The van der Waals surface area contributed by atoms with Crippen molar-refractivity contribution < 1.29 is 4.79 Å². The quantitative estimate of drug-likeness (QED) is 0.680. The normalized spacial score (nSPS) is 10.9. The van der Waals surface area contributed by atoms with Crippen molar-refractivity contribution in [3.05, 3.63) is 60.2 Å². The maximum absolute atomic E-state index is 12.0. The Morgan fingerprint density at radius 3 is 2.88 bits per heavy atom. The van der Waals surface area contributed by atoms with Gasteiger partial charge in [-0.2, -0.15) is 0 Å². The molecule has 5 heteroatoms. The van der Waals surface area contributed by atoms with Crippen LogP contribution in [0.1, 0.15) is 35.9 Å². The number of hydrogen-bond donors (Lipinski definition) is 1. The Hall–Kier alpha value is -2.69. The molecule has 0 bridgehead atoms. The summed E-state index contributed by atoms with van der Waals surface area (Å²) in [5.41, 5.74) is 2.82. The minimum atomic E-state index is -0.0786. The Morgan fingerprint density at radius 2 is 2.08 bits per heavy atom. The van der Waals surface area contributed by atoms with E-state index >= 15 is 0 Å². The van der Waals surface area contributed by atoms with Gasteiger partial charge in [-0.25, -0.2) is 4.98 Å². The molecule has 0 spiro atoms. The highest BCUT2D eigenvalue weighted by Crippen LogP contribution is 2.17. The Kier molecular flexibility index (Phi) is 5.21. The number of carbonyl (C=O) groups is 1. The maximum atomic E-state index is 12.0. The molecule has 0 fully saturated rings. The summed E-state index contributed by atoms with van der Waals surface area (Å²) in [5.74, 6) is 1.01. The number of aromatic nitrogens is 3. The molecule has 0 atom stereocenters. The fourth-order valence-electron chi connectivity index (χ4n) is 2.84. The lowest BCUT2D eigenvalue weighted by Crippen LogP contribution is -2.25. The fourth-order valence-corrected chi connectivity index (χ4v) is 2.84. The van der Waals surface area contributed by atoms with Crippen molar-refractivity contribution >= 4 is 16.9 Å². The standard InChI is InChI=1S/C19H22N4O/c1-2-13-23-17-9-4-3-8-16(17)22-18(23)10-6-12-21-19(24)15-7-5-11-20-14-15/h3-5,7-9,11,14H,2,6,10,12-13H2,1H3,(H,21,24). The van der Waals surface area contributed by atoms with E-state index in [1.807, 2.05) is 12.1 Å². The van der Waals surface area contributed by atoms with E-state index in [9.17, 15) is 4.79 Å². The average molecular weight is 322 g/mol. The van der Waals surface area contributed by atoms with Crippen molar-refractivity contribution in [2.75, 3.05) is 6.54 Å². The van der Waals surface area contributed by atoms with Crippen LogP contribution in [0, 0.1) is 0 Å². The number of imidazole rings is 1. The summed E-state index contributed by atoms with van der Waals surface area (Å²) in [7, 11) is 0. The predicted octanol–water partition coefficient (Wildman–Crippen LogP) is 3.20. The predicted molar refractivity (Wildman–Crippen MR) is 94.9 cm³/mol. The Balaban J connectivity index is 1.59. The minimum Gasteiger partial charge on any atom is -0.352 e. The Labute approximate surface area is 141 Å². The van der Waals surface area contributed by atoms with Crippen LogP contribution in [-0.4, -0.2) is 27.0 Å². The molecule has 5 nitrogen and oxygen atoms in total. The Morgan fingerprint density at radius 1 is 1.21 bits per heavy atom. The molecule has 2 aromatic heterocycles. The summed E-state index contributed by atoms with van der Waals surface area (Å²) >= 11 is 0. The van der Waals surface area contributed by atoms with Gasteiger partial charge in [0.1, 0.15) is 5.82 Å². The van der Waals surface area contributed by atoms with Gasteiger partial charge in [-0.3, -0.25) is 9.78 Å². The number of fused-ring (bicyclic) bond motifs is 1. The summed E-state index contributed by atoms with van der Waals surface area (Å²) in [5, 5.41) is 2.94. The van der Waals surface area contributed by atoms with Gasteiger partial charge in [-0.1, -0.05) is 19.1 Å². The molecule has 0 radical (unpaired) electrons. The molecule has 1 amide bonds. The number of nitrogens with one attached hydrogen (secondary N) is 1. The first-order valence-corrected chi connectivity index (χ1v) is 8.42. The zero-order chi connectivity index (χ0) is 16.8. The minimum absolute atomic E-state index is 0.0786. The van der Waals surface area contributed by atoms with Crippen molar-refractivity contribution in [2.24, 2.45) is 0 Å². The van der Waals surface area contributed by atoms with Crippen LogP contribution in [0.3, 0.4) is 0 Å². The van der Waals surface area contributed by atoms with Crippen LogP contribution >= 0.6 is 0 Å². The maximum Gasteiger partial charge on any atom is 0.252 e. The summed E-state index contributed by atoms with van der Waals surface area (Å²) in [6, 6.07) is 11.8. The summed E-state index contributed by atoms with van der Waals surface area (Å²) < 4.78 is 2.29. The highest BCUT2D eigenvalue weighted by atomic mass is 16.1. The van der Waals surface area contributed by atoms with E-state index in [2.05, 4.69) is 33.9 Å². The largest absolute Gasteiger partial charge is 0.352 e. The van der Waals surface area contributed by atoms with Gasteiger partial charge in [0.25, 0.3) is 5.91 Å². The molecule has 124 valence electrons. The zero-order valence-electron chi connectivity index (χ0n) is 13.9. The summed E-state index contributed by atoms with van der Waals surface area (Å²) in [4.78, 5) is 20.7. The van der Waals surface area contributed by atoms with Gasteiger partial charge < -0.3 is 9.88 Å². The molecule has 2 heterocycles. The third-order valence-corrected chi connectivity index (χ3v) is 3.97. The van der Waals surface area contributed by atoms with Crippen molar-refractivity contribution in [2.45, 2.75) is 32.7 Å². The van der Waals surface area contributed by atoms with Gasteiger partial charge in [-0.05, 0) is 37.1 Å². The Bertz CT molecular complexity index is 811. The van der Waals surface area contributed by atoms with Gasteiger partial charge in [0.2, 0.25) is 0 Å². The van der Waals surface area contributed by atoms with E-state index in [0.717, 1.165) is 37.1 Å². The molecule has 1 aromatic carbocycles. The molecule has 1 N–H and O–H groups in total. The number of carbonyl (C=O) groups excluding carboxylic acids is 1. The van der Waals surface area contributed by atoms with Gasteiger partial charge in [0.05, 0.1) is 16.6 Å². The number of rotatable bonds is 7. The van der Waals surface area contributed by atoms with Crippen molar-refractivity contribution in [3.63, 3.8) is 0 Å². The lowest BCUT2D eigenvalue weighted by Gasteiger charge is -2.08. The molecule has 0 aliphatic rings. The molecule has 0 aliphatic carbocycles. The third kappa shape index (κ3) is 3.62. The van der Waals surface area contributed by atoms with E-state index in [1.54, 1.807) is 24.5 Å². The summed E-state index contributed by atoms with van der Waals surface area (Å²) in [6.07, 6.45) is 6.02. The molecule has 24 heavy (non-hydrogen) atoms. The molecule has 0 saturated heterocycles. The van der Waals surface area contributed by atoms with E-state index in [-0.39, 0.29) is 5.91 Å². The van der Waals surface area contributed by atoms with Gasteiger partial charge in [-0.15, -0.1) is 0 Å². The number of hydrogen-bond acceptors (Lipinski definition) is 3. The fraction of sp³-hybridized carbons (Fsp3) is 0.316. The first kappa shape index (κ1) is 16.2. The van der Waals surface area contributed by atoms with Crippen LogP contribution in [0.4, 0.5) is 0 Å². The number of para-hydroxylation sites is 2. The lowest BCUT2D eigenvalue weighted by atomic mass is 10.2. The van der Waals surface area contributed by atoms with E-state index in [1.165, 1.54) is 5.52 Å². The second-order valence-corrected chi connectivity index (χ2v) is 5.77. The molecular weight excluding hydrogens is 300 g/mol. The SMILES string of the molecule is CCCn1c(CCCNC(=O)c2cccnc2)nc2ccccc21. The second kappa shape index (κ2) is 7.73. The first-order valence-electron chi connectivity index (χ1n) is 8.42. The third-order valence-electron chi connectivity index (χ3n) is 3.97. The monoisotopic (exact) mass is 322 g/mol. The highest BCUT2D eigenvalue weighted by Gasteiger charge is 2.10. The van der Waals surface area contributed by atoms with Crippen LogP contribution in [0.5, 0.6) is 0 Å². The van der Waals surface area contributed by atoms with Crippen molar-refractivity contribution in [3.8, 4) is 0 Å². The highest BCUT2D eigenvalue weighted by molar-refractivity contribution is 5.93. The number of amides is 1. The molecule has 0 saturated carbocycles. The van der Waals surface area contributed by atoms with E-state index in [4.69, 9.17) is 4.98 Å². The van der Waals surface area contributed by atoms with Crippen LogP contribution in [0.2, 0.25) is 0 Å².